The number of hydrogen-bond acceptors (Lipinski definition) is 1. The van der Waals surface area contributed by atoms with Crippen LogP contribution in [0, 0.1) is 11.6 Å². The fraction of sp³-hybridized carbons (Fsp3) is 0.133. The number of carbonyl (C=O) groups excluding carboxylic acids is 1. The van der Waals surface area contributed by atoms with Gasteiger partial charge in [0.25, 0.3) is 5.91 Å². The van der Waals surface area contributed by atoms with E-state index in [1.807, 2.05) is 0 Å². The minimum absolute atomic E-state index is 0.147. The van der Waals surface area contributed by atoms with Gasteiger partial charge in [-0.15, -0.1) is 0 Å². The van der Waals surface area contributed by atoms with Crippen LogP contribution in [0.15, 0.2) is 36.4 Å². The molecule has 0 aliphatic heterocycles. The summed E-state index contributed by atoms with van der Waals surface area (Å²) in [4.78, 5) is 12.1. The van der Waals surface area contributed by atoms with Gasteiger partial charge >= 0.3 is 0 Å². The Bertz CT molecular complexity index is 691. The Kier molecular flexibility index (Phi) is 4.80. The van der Waals surface area contributed by atoms with Gasteiger partial charge in [0.2, 0.25) is 0 Å². The molecule has 2 aromatic carbocycles. The van der Waals surface area contributed by atoms with Gasteiger partial charge in [-0.25, -0.2) is 8.78 Å². The molecule has 1 atom stereocenters. The monoisotopic (exact) mass is 329 g/mol. The van der Waals surface area contributed by atoms with Crippen LogP contribution in [-0.2, 0) is 0 Å². The third-order valence-corrected chi connectivity index (χ3v) is 3.81. The minimum Gasteiger partial charge on any atom is -0.345 e. The molecule has 0 aliphatic rings. The molecule has 0 saturated carbocycles. The zero-order valence-electron chi connectivity index (χ0n) is 11.0. The van der Waals surface area contributed by atoms with Gasteiger partial charge in [-0.3, -0.25) is 4.79 Å². The van der Waals surface area contributed by atoms with Crippen molar-refractivity contribution >= 4 is 29.1 Å². The molecule has 0 radical (unpaired) electrons. The summed E-state index contributed by atoms with van der Waals surface area (Å²) in [6, 6.07) is 7.65. The Hall–Kier alpha value is -1.65. The Balaban J connectivity index is 2.18. The van der Waals surface area contributed by atoms with Gasteiger partial charge in [0, 0.05) is 0 Å². The van der Waals surface area contributed by atoms with E-state index in [0.717, 1.165) is 12.1 Å². The van der Waals surface area contributed by atoms with Crippen LogP contribution in [0.5, 0.6) is 0 Å². The Morgan fingerprint density at radius 2 is 1.86 bits per heavy atom. The van der Waals surface area contributed by atoms with Gasteiger partial charge in [0.1, 0.15) is 0 Å². The highest BCUT2D eigenvalue weighted by molar-refractivity contribution is 6.43. The normalized spacial score (nSPS) is 12.0. The van der Waals surface area contributed by atoms with E-state index in [1.54, 1.807) is 19.1 Å². The van der Waals surface area contributed by atoms with Crippen LogP contribution >= 0.6 is 23.2 Å². The molecule has 0 fully saturated rings. The van der Waals surface area contributed by atoms with Gasteiger partial charge < -0.3 is 5.32 Å². The summed E-state index contributed by atoms with van der Waals surface area (Å²) in [7, 11) is 0. The largest absolute Gasteiger partial charge is 0.345 e. The average molecular weight is 330 g/mol. The summed E-state index contributed by atoms with van der Waals surface area (Å²) in [5.74, 6) is -2.34. The van der Waals surface area contributed by atoms with E-state index in [1.165, 1.54) is 12.1 Å². The maximum absolute atomic E-state index is 13.2. The number of carbonyl (C=O) groups is 1. The molecule has 21 heavy (non-hydrogen) atoms. The summed E-state index contributed by atoms with van der Waals surface area (Å²) >= 11 is 11.8. The second-order valence-corrected chi connectivity index (χ2v) is 5.26. The molecule has 0 aliphatic carbocycles. The van der Waals surface area contributed by atoms with Crippen LogP contribution in [0.3, 0.4) is 0 Å². The summed E-state index contributed by atoms with van der Waals surface area (Å²) in [5, 5.41) is 3.07. The number of benzene rings is 2. The lowest BCUT2D eigenvalue weighted by molar-refractivity contribution is 0.0940. The van der Waals surface area contributed by atoms with Crippen LogP contribution in [0.25, 0.3) is 0 Å². The van der Waals surface area contributed by atoms with E-state index in [0.29, 0.717) is 5.56 Å². The van der Waals surface area contributed by atoms with Crippen molar-refractivity contribution in [1.82, 2.24) is 5.32 Å². The molecule has 1 N–H and O–H groups in total. The molecule has 2 aromatic rings. The Morgan fingerprint density at radius 3 is 2.52 bits per heavy atom. The van der Waals surface area contributed by atoms with Crippen LogP contribution in [0.1, 0.15) is 28.9 Å². The fourth-order valence-corrected chi connectivity index (χ4v) is 2.20. The van der Waals surface area contributed by atoms with Crippen LogP contribution in [0.4, 0.5) is 8.78 Å². The van der Waals surface area contributed by atoms with Crippen molar-refractivity contribution in [3.8, 4) is 0 Å². The molecule has 1 amide bonds. The molecule has 6 heteroatoms. The smallest absolute Gasteiger partial charge is 0.253 e. The van der Waals surface area contributed by atoms with Crippen LogP contribution in [0.2, 0.25) is 10.0 Å². The van der Waals surface area contributed by atoms with Gasteiger partial charge in [0.05, 0.1) is 21.7 Å². The third-order valence-electron chi connectivity index (χ3n) is 2.99. The number of nitrogens with one attached hydrogen (secondary N) is 1. The lowest BCUT2D eigenvalue weighted by Gasteiger charge is -2.15. The summed E-state index contributed by atoms with van der Waals surface area (Å²) in [6.45, 7) is 1.66. The molecule has 0 aromatic heterocycles. The highest BCUT2D eigenvalue weighted by Crippen LogP contribution is 2.26. The lowest BCUT2D eigenvalue weighted by Crippen LogP contribution is -2.27. The fourth-order valence-electron chi connectivity index (χ4n) is 1.82. The van der Waals surface area contributed by atoms with E-state index < -0.39 is 23.6 Å². The van der Waals surface area contributed by atoms with Crippen molar-refractivity contribution in [1.29, 1.82) is 0 Å². The van der Waals surface area contributed by atoms with E-state index in [-0.39, 0.29) is 15.6 Å². The quantitative estimate of drug-likeness (QED) is 0.863. The molecule has 2 nitrogen and oxygen atoms in total. The Morgan fingerprint density at radius 1 is 1.14 bits per heavy atom. The second kappa shape index (κ2) is 6.41. The predicted octanol–water partition coefficient (Wildman–Crippen LogP) is 4.76. The molecule has 0 bridgehead atoms. The standard InChI is InChI=1S/C15H11Cl2F2NO/c1-8(9-5-6-12(18)13(19)7-9)20-15(21)10-3-2-4-11(16)14(10)17/h2-8H,1H3,(H,20,21). The van der Waals surface area contributed by atoms with Crippen molar-refractivity contribution in [2.45, 2.75) is 13.0 Å². The Labute approximate surface area is 130 Å². The van der Waals surface area contributed by atoms with E-state index in [2.05, 4.69) is 5.32 Å². The first kappa shape index (κ1) is 15.7. The molecule has 1 unspecified atom stereocenters. The van der Waals surface area contributed by atoms with Crippen molar-refractivity contribution in [3.05, 3.63) is 69.2 Å². The van der Waals surface area contributed by atoms with Crippen LogP contribution < -0.4 is 5.32 Å². The molecule has 0 heterocycles. The SMILES string of the molecule is CC(NC(=O)c1cccc(Cl)c1Cl)c1ccc(F)c(F)c1. The van der Waals surface area contributed by atoms with Gasteiger partial charge in [-0.1, -0.05) is 35.3 Å². The molecule has 0 spiro atoms. The topological polar surface area (TPSA) is 29.1 Å². The summed E-state index contributed by atoms with van der Waals surface area (Å²) < 4.78 is 26.1. The molecule has 110 valence electrons. The maximum Gasteiger partial charge on any atom is 0.253 e. The first-order valence-electron chi connectivity index (χ1n) is 6.10. The summed E-state index contributed by atoms with van der Waals surface area (Å²) in [6.07, 6.45) is 0. The summed E-state index contributed by atoms with van der Waals surface area (Å²) in [5.41, 5.74) is 0.666. The lowest BCUT2D eigenvalue weighted by atomic mass is 10.1. The average Bonchev–Trinajstić information content (AvgIpc) is 2.44. The molecule has 2 rings (SSSR count). The number of hydrogen-bond donors (Lipinski definition) is 1. The van der Waals surface area contributed by atoms with Crippen LogP contribution in [-0.4, -0.2) is 5.91 Å². The van der Waals surface area contributed by atoms with Gasteiger partial charge in [-0.05, 0) is 36.8 Å². The van der Waals surface area contributed by atoms with E-state index in [4.69, 9.17) is 23.2 Å². The molecular weight excluding hydrogens is 319 g/mol. The van der Waals surface area contributed by atoms with Crippen molar-refractivity contribution in [2.24, 2.45) is 0 Å². The third kappa shape index (κ3) is 3.52. The zero-order valence-corrected chi connectivity index (χ0v) is 12.5. The first-order chi connectivity index (χ1) is 9.90. The van der Waals surface area contributed by atoms with E-state index >= 15 is 0 Å². The number of rotatable bonds is 3. The molecule has 0 saturated heterocycles. The van der Waals surface area contributed by atoms with Gasteiger partial charge in [0.15, 0.2) is 11.6 Å². The highest BCUT2D eigenvalue weighted by atomic mass is 35.5. The second-order valence-electron chi connectivity index (χ2n) is 4.47. The zero-order chi connectivity index (χ0) is 15.6. The maximum atomic E-state index is 13.2. The van der Waals surface area contributed by atoms with Crippen molar-refractivity contribution in [2.75, 3.05) is 0 Å². The highest BCUT2D eigenvalue weighted by Gasteiger charge is 2.16. The van der Waals surface area contributed by atoms with E-state index in [9.17, 15) is 13.6 Å². The molecular formula is C15H11Cl2F2NO. The number of amides is 1. The predicted molar refractivity (Wildman–Crippen MR) is 78.7 cm³/mol. The van der Waals surface area contributed by atoms with Crippen molar-refractivity contribution < 1.29 is 13.6 Å². The van der Waals surface area contributed by atoms with Crippen molar-refractivity contribution in [3.63, 3.8) is 0 Å². The number of halogens is 4. The minimum atomic E-state index is -0.964. The van der Waals surface area contributed by atoms with Gasteiger partial charge in [-0.2, -0.15) is 0 Å². The first-order valence-corrected chi connectivity index (χ1v) is 6.85.